The lowest BCUT2D eigenvalue weighted by Crippen LogP contribution is -2.31. The number of carbonyl (C=O) groups excluding carboxylic acids is 1. The third-order valence-electron chi connectivity index (χ3n) is 2.85. The van der Waals surface area contributed by atoms with Gasteiger partial charge in [-0.2, -0.15) is 4.98 Å². The van der Waals surface area contributed by atoms with E-state index >= 15 is 0 Å². The highest BCUT2D eigenvalue weighted by molar-refractivity contribution is 6.30. The minimum Gasteiger partial charge on any atom is -0.465 e. The molecule has 0 bridgehead atoms. The van der Waals surface area contributed by atoms with Crippen LogP contribution < -0.4 is 0 Å². The van der Waals surface area contributed by atoms with Crippen molar-refractivity contribution in [2.75, 3.05) is 6.61 Å². The van der Waals surface area contributed by atoms with Gasteiger partial charge in [-0.15, -0.1) is 0 Å². The maximum Gasteiger partial charge on any atom is 0.321 e. The molecular weight excluding hydrogens is 280 g/mol. The van der Waals surface area contributed by atoms with E-state index in [-0.39, 0.29) is 5.89 Å². The van der Waals surface area contributed by atoms with Gasteiger partial charge in [-0.3, -0.25) is 4.79 Å². The fraction of sp³-hybridized carbons (Fsp3) is 0.357. The van der Waals surface area contributed by atoms with Gasteiger partial charge in [0.2, 0.25) is 11.7 Å². The minimum atomic E-state index is -0.978. The molecule has 0 aliphatic rings. The van der Waals surface area contributed by atoms with E-state index in [1.165, 1.54) is 0 Å². The molecule has 0 spiro atoms. The molecule has 2 aromatic rings. The third-order valence-corrected chi connectivity index (χ3v) is 3.10. The van der Waals surface area contributed by atoms with E-state index in [1.54, 1.807) is 45.0 Å². The SMILES string of the molecule is CCOC(=O)C(C)(C)c1nc(-c2ccc(Cl)cc2)no1. The average molecular weight is 295 g/mol. The van der Waals surface area contributed by atoms with E-state index in [0.717, 1.165) is 5.56 Å². The van der Waals surface area contributed by atoms with Gasteiger partial charge in [0.25, 0.3) is 0 Å². The summed E-state index contributed by atoms with van der Waals surface area (Å²) in [7, 11) is 0. The highest BCUT2D eigenvalue weighted by atomic mass is 35.5. The van der Waals surface area contributed by atoms with E-state index in [2.05, 4.69) is 10.1 Å². The zero-order chi connectivity index (χ0) is 14.8. The highest BCUT2D eigenvalue weighted by Gasteiger charge is 2.37. The summed E-state index contributed by atoms with van der Waals surface area (Å²) in [5, 5.41) is 4.52. The first-order chi connectivity index (χ1) is 9.45. The van der Waals surface area contributed by atoms with Crippen LogP contribution in [0.2, 0.25) is 5.02 Å². The molecule has 0 aliphatic carbocycles. The Morgan fingerprint density at radius 1 is 1.35 bits per heavy atom. The van der Waals surface area contributed by atoms with Crippen LogP contribution in [0.1, 0.15) is 26.7 Å². The maximum atomic E-state index is 11.9. The van der Waals surface area contributed by atoms with E-state index in [1.807, 2.05) is 0 Å². The molecule has 1 aromatic heterocycles. The van der Waals surface area contributed by atoms with Crippen molar-refractivity contribution in [1.29, 1.82) is 0 Å². The molecule has 0 amide bonds. The van der Waals surface area contributed by atoms with Crippen LogP contribution >= 0.6 is 11.6 Å². The van der Waals surface area contributed by atoms with Crippen LogP contribution in [-0.4, -0.2) is 22.7 Å². The molecule has 0 radical (unpaired) electrons. The number of esters is 1. The lowest BCUT2D eigenvalue weighted by Gasteiger charge is -2.16. The van der Waals surface area contributed by atoms with Gasteiger partial charge >= 0.3 is 5.97 Å². The molecule has 5 nitrogen and oxygen atoms in total. The van der Waals surface area contributed by atoms with E-state index in [0.29, 0.717) is 17.5 Å². The molecule has 0 N–H and O–H groups in total. The molecule has 20 heavy (non-hydrogen) atoms. The number of ether oxygens (including phenoxy) is 1. The molecule has 1 aromatic carbocycles. The zero-order valence-corrected chi connectivity index (χ0v) is 12.3. The van der Waals surface area contributed by atoms with Gasteiger partial charge in [0.15, 0.2) is 0 Å². The van der Waals surface area contributed by atoms with Crippen molar-refractivity contribution >= 4 is 17.6 Å². The van der Waals surface area contributed by atoms with Crippen molar-refractivity contribution in [3.05, 3.63) is 35.2 Å². The Hall–Kier alpha value is -1.88. The van der Waals surface area contributed by atoms with E-state index in [4.69, 9.17) is 20.9 Å². The fourth-order valence-corrected chi connectivity index (χ4v) is 1.72. The van der Waals surface area contributed by atoms with Crippen LogP contribution in [0, 0.1) is 0 Å². The second-order valence-corrected chi connectivity index (χ2v) is 5.21. The molecular formula is C14H15ClN2O3. The van der Waals surface area contributed by atoms with E-state index < -0.39 is 11.4 Å². The van der Waals surface area contributed by atoms with Crippen molar-refractivity contribution in [1.82, 2.24) is 10.1 Å². The van der Waals surface area contributed by atoms with Crippen molar-refractivity contribution in [2.45, 2.75) is 26.2 Å². The summed E-state index contributed by atoms with van der Waals surface area (Å²) in [6, 6.07) is 7.05. The standard InChI is InChI=1S/C14H15ClN2O3/c1-4-19-13(18)14(2,3)12-16-11(17-20-12)9-5-7-10(15)8-6-9/h5-8H,4H2,1-3H3. The zero-order valence-electron chi connectivity index (χ0n) is 11.5. The quantitative estimate of drug-likeness (QED) is 0.810. The molecule has 0 unspecified atom stereocenters. The van der Waals surface area contributed by atoms with Crippen LogP contribution in [0.4, 0.5) is 0 Å². The number of benzene rings is 1. The lowest BCUT2D eigenvalue weighted by atomic mass is 9.94. The number of hydrogen-bond acceptors (Lipinski definition) is 5. The molecule has 0 fully saturated rings. The Labute approximate surface area is 121 Å². The van der Waals surface area contributed by atoms with Crippen molar-refractivity contribution in [2.24, 2.45) is 0 Å². The summed E-state index contributed by atoms with van der Waals surface area (Å²) >= 11 is 5.83. The fourth-order valence-electron chi connectivity index (χ4n) is 1.59. The number of carbonyl (C=O) groups is 1. The van der Waals surface area contributed by atoms with Gasteiger partial charge in [0, 0.05) is 10.6 Å². The Morgan fingerprint density at radius 3 is 2.60 bits per heavy atom. The summed E-state index contributed by atoms with van der Waals surface area (Å²) in [4.78, 5) is 16.2. The third kappa shape index (κ3) is 2.82. The Kier molecular flexibility index (Phi) is 4.09. The molecule has 106 valence electrons. The smallest absolute Gasteiger partial charge is 0.321 e. The van der Waals surface area contributed by atoms with Crippen LogP contribution in [0.3, 0.4) is 0 Å². The largest absolute Gasteiger partial charge is 0.465 e. The number of rotatable bonds is 4. The lowest BCUT2D eigenvalue weighted by molar-refractivity contribution is -0.149. The van der Waals surface area contributed by atoms with Gasteiger partial charge in [-0.05, 0) is 45.0 Å². The number of hydrogen-bond donors (Lipinski definition) is 0. The van der Waals surface area contributed by atoms with E-state index in [9.17, 15) is 4.79 Å². The van der Waals surface area contributed by atoms with Crippen LogP contribution in [0.15, 0.2) is 28.8 Å². The Morgan fingerprint density at radius 2 is 2.00 bits per heavy atom. The van der Waals surface area contributed by atoms with Gasteiger partial charge in [0.05, 0.1) is 6.61 Å². The molecule has 6 heteroatoms. The number of aromatic nitrogens is 2. The Balaban J connectivity index is 2.28. The molecule has 0 saturated heterocycles. The second kappa shape index (κ2) is 5.63. The first-order valence-corrected chi connectivity index (χ1v) is 6.60. The molecule has 1 heterocycles. The van der Waals surface area contributed by atoms with Gasteiger partial charge < -0.3 is 9.26 Å². The Bertz CT molecular complexity index is 605. The van der Waals surface area contributed by atoms with Crippen molar-refractivity contribution in [3.63, 3.8) is 0 Å². The molecule has 2 rings (SSSR count). The van der Waals surface area contributed by atoms with Crippen molar-refractivity contribution < 1.29 is 14.1 Å². The molecule has 0 aliphatic heterocycles. The number of halogens is 1. The normalized spacial score (nSPS) is 11.4. The number of nitrogens with zero attached hydrogens (tertiary/aromatic N) is 2. The summed E-state index contributed by atoms with van der Waals surface area (Å²) in [5.74, 6) is 0.237. The summed E-state index contributed by atoms with van der Waals surface area (Å²) in [6.07, 6.45) is 0. The topological polar surface area (TPSA) is 65.2 Å². The monoisotopic (exact) mass is 294 g/mol. The first kappa shape index (κ1) is 14.5. The predicted molar refractivity (Wildman–Crippen MR) is 74.4 cm³/mol. The second-order valence-electron chi connectivity index (χ2n) is 4.78. The van der Waals surface area contributed by atoms with Gasteiger partial charge in [-0.25, -0.2) is 0 Å². The molecule has 0 atom stereocenters. The average Bonchev–Trinajstić information content (AvgIpc) is 2.90. The first-order valence-electron chi connectivity index (χ1n) is 6.22. The van der Waals surface area contributed by atoms with Crippen LogP contribution in [0.5, 0.6) is 0 Å². The van der Waals surface area contributed by atoms with Gasteiger partial charge in [-0.1, -0.05) is 16.8 Å². The molecule has 0 saturated carbocycles. The summed E-state index contributed by atoms with van der Waals surface area (Å²) in [6.45, 7) is 5.43. The van der Waals surface area contributed by atoms with Crippen LogP contribution in [0.25, 0.3) is 11.4 Å². The summed E-state index contributed by atoms with van der Waals surface area (Å²) in [5.41, 5.74) is -0.211. The maximum absolute atomic E-state index is 11.9. The highest BCUT2D eigenvalue weighted by Crippen LogP contribution is 2.26. The van der Waals surface area contributed by atoms with Gasteiger partial charge in [0.1, 0.15) is 5.41 Å². The minimum absolute atomic E-state index is 0.223. The van der Waals surface area contributed by atoms with Crippen molar-refractivity contribution in [3.8, 4) is 11.4 Å². The van der Waals surface area contributed by atoms with Crippen LogP contribution in [-0.2, 0) is 14.9 Å². The summed E-state index contributed by atoms with van der Waals surface area (Å²) < 4.78 is 10.2. The predicted octanol–water partition coefficient (Wildman–Crippen LogP) is 3.23.